The summed E-state index contributed by atoms with van der Waals surface area (Å²) in [5.74, 6) is -0.441. The van der Waals surface area contributed by atoms with Crippen molar-refractivity contribution in [2.24, 2.45) is 5.73 Å². The highest BCUT2D eigenvalue weighted by atomic mass is 32.2. The van der Waals surface area contributed by atoms with Crippen LogP contribution in [0.4, 0.5) is 4.39 Å². The maximum Gasteiger partial charge on any atom is 0.243 e. The van der Waals surface area contributed by atoms with Crippen molar-refractivity contribution in [3.05, 3.63) is 30.1 Å². The Hall–Kier alpha value is -0.980. The van der Waals surface area contributed by atoms with Crippen LogP contribution < -0.4 is 5.73 Å². The van der Waals surface area contributed by atoms with Crippen LogP contribution in [0.25, 0.3) is 0 Å². The fourth-order valence-electron chi connectivity index (χ4n) is 3.26. The number of hydrogen-bond acceptors (Lipinski definition) is 3. The van der Waals surface area contributed by atoms with Crippen molar-refractivity contribution in [1.82, 2.24) is 4.31 Å². The molecule has 6 heteroatoms. The average Bonchev–Trinajstić information content (AvgIpc) is 2.49. The number of sulfonamides is 1. The molecule has 0 amide bonds. The average molecular weight is 314 g/mol. The number of rotatable bonds is 5. The van der Waals surface area contributed by atoms with Gasteiger partial charge in [-0.3, -0.25) is 0 Å². The van der Waals surface area contributed by atoms with E-state index >= 15 is 0 Å². The summed E-state index contributed by atoms with van der Waals surface area (Å²) in [5, 5.41) is 0. The smallest absolute Gasteiger partial charge is 0.243 e. The Kier molecular flexibility index (Phi) is 5.01. The maximum atomic E-state index is 13.0. The normalized spacial score (nSPS) is 18.9. The van der Waals surface area contributed by atoms with Crippen LogP contribution in [0, 0.1) is 5.82 Å². The molecule has 0 spiro atoms. The van der Waals surface area contributed by atoms with Crippen LogP contribution in [0.1, 0.15) is 39.0 Å². The molecule has 21 heavy (non-hydrogen) atoms. The van der Waals surface area contributed by atoms with Crippen LogP contribution in [0.3, 0.4) is 0 Å². The highest BCUT2D eigenvalue weighted by Crippen LogP contribution is 2.36. The van der Waals surface area contributed by atoms with E-state index in [1.54, 1.807) is 0 Å². The van der Waals surface area contributed by atoms with Crippen LogP contribution >= 0.6 is 0 Å². The van der Waals surface area contributed by atoms with E-state index in [1.165, 1.54) is 28.6 Å². The van der Waals surface area contributed by atoms with Gasteiger partial charge >= 0.3 is 0 Å². The Balaban J connectivity index is 2.41. The zero-order valence-electron chi connectivity index (χ0n) is 12.4. The SMILES string of the molecule is CCN(C1(CN)CCCCC1)S(=O)(=O)c1ccc(F)cc1. The lowest BCUT2D eigenvalue weighted by molar-refractivity contribution is 0.141. The van der Waals surface area contributed by atoms with E-state index in [4.69, 9.17) is 5.73 Å². The molecule has 1 aliphatic rings. The zero-order chi connectivity index (χ0) is 15.5. The molecule has 0 unspecified atom stereocenters. The van der Waals surface area contributed by atoms with Crippen LogP contribution in [0.15, 0.2) is 29.2 Å². The van der Waals surface area contributed by atoms with Gasteiger partial charge < -0.3 is 5.73 Å². The number of halogens is 1. The van der Waals surface area contributed by atoms with Gasteiger partial charge in [0.2, 0.25) is 10.0 Å². The molecule has 1 aliphatic carbocycles. The van der Waals surface area contributed by atoms with Gasteiger partial charge in [-0.15, -0.1) is 0 Å². The van der Waals surface area contributed by atoms with Crippen LogP contribution in [0.5, 0.6) is 0 Å². The molecule has 0 aromatic heterocycles. The van der Waals surface area contributed by atoms with E-state index < -0.39 is 21.4 Å². The van der Waals surface area contributed by atoms with Gasteiger partial charge in [0.15, 0.2) is 0 Å². The maximum absolute atomic E-state index is 13.0. The molecule has 0 saturated heterocycles. The summed E-state index contributed by atoms with van der Waals surface area (Å²) in [4.78, 5) is 0.129. The third kappa shape index (κ3) is 3.12. The first-order chi connectivity index (χ1) is 9.96. The highest BCUT2D eigenvalue weighted by molar-refractivity contribution is 7.89. The lowest BCUT2D eigenvalue weighted by Crippen LogP contribution is -2.57. The lowest BCUT2D eigenvalue weighted by Gasteiger charge is -2.44. The summed E-state index contributed by atoms with van der Waals surface area (Å²) in [7, 11) is -3.65. The van der Waals surface area contributed by atoms with Crippen molar-refractivity contribution < 1.29 is 12.8 Å². The summed E-state index contributed by atoms with van der Waals surface area (Å²) in [6.45, 7) is 2.52. The minimum absolute atomic E-state index is 0.129. The largest absolute Gasteiger partial charge is 0.329 e. The van der Waals surface area contributed by atoms with Crippen LogP contribution in [-0.2, 0) is 10.0 Å². The van der Waals surface area contributed by atoms with Gasteiger partial charge in [-0.1, -0.05) is 26.2 Å². The van der Waals surface area contributed by atoms with E-state index in [-0.39, 0.29) is 4.90 Å². The third-order valence-corrected chi connectivity index (χ3v) is 6.48. The first-order valence-electron chi connectivity index (χ1n) is 7.45. The molecule has 0 radical (unpaired) electrons. The first-order valence-corrected chi connectivity index (χ1v) is 8.89. The van der Waals surface area contributed by atoms with Crippen LogP contribution in [-0.4, -0.2) is 31.4 Å². The van der Waals surface area contributed by atoms with Crippen molar-refractivity contribution in [2.75, 3.05) is 13.1 Å². The predicted octanol–water partition coefficient (Wildman–Crippen LogP) is 2.50. The fourth-order valence-corrected chi connectivity index (χ4v) is 5.10. The molecule has 1 fully saturated rings. The van der Waals surface area contributed by atoms with Crippen molar-refractivity contribution in [2.45, 2.75) is 49.5 Å². The predicted molar refractivity (Wildman–Crippen MR) is 80.8 cm³/mol. The monoisotopic (exact) mass is 314 g/mol. The number of benzene rings is 1. The molecule has 0 bridgehead atoms. The van der Waals surface area contributed by atoms with Gasteiger partial charge in [0, 0.05) is 18.6 Å². The fraction of sp³-hybridized carbons (Fsp3) is 0.600. The van der Waals surface area contributed by atoms with Gasteiger partial charge in [0.1, 0.15) is 5.82 Å². The highest BCUT2D eigenvalue weighted by Gasteiger charge is 2.42. The molecule has 0 heterocycles. The molecule has 0 atom stereocenters. The van der Waals surface area contributed by atoms with Crippen molar-refractivity contribution in [1.29, 1.82) is 0 Å². The van der Waals surface area contributed by atoms with E-state index in [0.29, 0.717) is 13.1 Å². The minimum Gasteiger partial charge on any atom is -0.329 e. The van der Waals surface area contributed by atoms with Gasteiger partial charge in [0.25, 0.3) is 0 Å². The zero-order valence-corrected chi connectivity index (χ0v) is 13.2. The summed E-state index contributed by atoms with van der Waals surface area (Å²) < 4.78 is 40.3. The Morgan fingerprint density at radius 1 is 1.19 bits per heavy atom. The topological polar surface area (TPSA) is 63.4 Å². The van der Waals surface area contributed by atoms with Crippen molar-refractivity contribution in [3.8, 4) is 0 Å². The Labute approximate surface area is 126 Å². The summed E-state index contributed by atoms with van der Waals surface area (Å²) in [6, 6.07) is 4.99. The molecule has 0 aliphatic heterocycles. The molecule has 1 saturated carbocycles. The van der Waals surface area contributed by atoms with Crippen molar-refractivity contribution >= 4 is 10.0 Å². The summed E-state index contributed by atoms with van der Waals surface area (Å²) in [6.07, 6.45) is 4.69. The Morgan fingerprint density at radius 2 is 1.76 bits per heavy atom. The number of hydrogen-bond donors (Lipinski definition) is 1. The standard InChI is InChI=1S/C15H23FN2O2S/c1-2-18(15(12-17)10-4-3-5-11-15)21(19,20)14-8-6-13(16)7-9-14/h6-9H,2-5,10-12,17H2,1H3. The van der Waals surface area contributed by atoms with Gasteiger partial charge in [-0.25, -0.2) is 12.8 Å². The first kappa shape index (κ1) is 16.4. The Morgan fingerprint density at radius 3 is 2.24 bits per heavy atom. The van der Waals surface area contributed by atoms with Gasteiger partial charge in [-0.05, 0) is 37.1 Å². The number of likely N-dealkylation sites (N-methyl/N-ethyl adjacent to an activating group) is 1. The quantitative estimate of drug-likeness (QED) is 0.908. The van der Waals surface area contributed by atoms with E-state index in [2.05, 4.69) is 0 Å². The molecule has 4 nitrogen and oxygen atoms in total. The van der Waals surface area contributed by atoms with Crippen LogP contribution in [0.2, 0.25) is 0 Å². The second-order valence-corrected chi connectivity index (χ2v) is 7.48. The van der Waals surface area contributed by atoms with Gasteiger partial charge in [0.05, 0.1) is 4.90 Å². The molecule has 2 N–H and O–H groups in total. The number of nitrogens with two attached hydrogens (primary N) is 1. The molecular weight excluding hydrogens is 291 g/mol. The third-order valence-electron chi connectivity index (χ3n) is 4.38. The molecule has 1 aromatic rings. The van der Waals surface area contributed by atoms with E-state index in [0.717, 1.165) is 32.1 Å². The van der Waals surface area contributed by atoms with E-state index in [1.807, 2.05) is 6.92 Å². The molecule has 2 rings (SSSR count). The molecule has 1 aromatic carbocycles. The summed E-state index contributed by atoms with van der Waals surface area (Å²) >= 11 is 0. The minimum atomic E-state index is -3.65. The van der Waals surface area contributed by atoms with Gasteiger partial charge in [-0.2, -0.15) is 4.31 Å². The lowest BCUT2D eigenvalue weighted by atomic mass is 9.81. The van der Waals surface area contributed by atoms with E-state index in [9.17, 15) is 12.8 Å². The van der Waals surface area contributed by atoms with Crippen molar-refractivity contribution in [3.63, 3.8) is 0 Å². The second kappa shape index (κ2) is 6.42. The summed E-state index contributed by atoms with van der Waals surface area (Å²) in [5.41, 5.74) is 5.45. The Bertz CT molecular complexity index is 566. The molecule has 118 valence electrons. The second-order valence-electron chi connectivity index (χ2n) is 5.61. The number of nitrogens with zero attached hydrogens (tertiary/aromatic N) is 1. The molecular formula is C15H23FN2O2S.